The molecule has 0 aliphatic carbocycles. The van der Waals surface area contributed by atoms with Gasteiger partial charge in [0.15, 0.2) is 0 Å². The van der Waals surface area contributed by atoms with Crippen LogP contribution in [0.15, 0.2) is 72.8 Å². The molecule has 0 bridgehead atoms. The number of carboxylic acid groups (broad SMARTS) is 1. The van der Waals surface area contributed by atoms with E-state index in [1.54, 1.807) is 0 Å². The number of carbonyl (C=O) groups is 2. The maximum absolute atomic E-state index is 11.5. The molecule has 2 atom stereocenters. The summed E-state index contributed by atoms with van der Waals surface area (Å²) in [6.45, 7) is 30.0. The van der Waals surface area contributed by atoms with Gasteiger partial charge in [-0.2, -0.15) is 0 Å². The minimum absolute atomic E-state index is 0.0460. The number of hydrogen-bond donors (Lipinski definition) is 4. The van der Waals surface area contributed by atoms with Crippen LogP contribution in [0.5, 0.6) is 5.75 Å². The van der Waals surface area contributed by atoms with Crippen LogP contribution in [0.1, 0.15) is 211 Å². The Morgan fingerprint density at radius 1 is 0.630 bits per heavy atom. The fourth-order valence-corrected chi connectivity index (χ4v) is 11.0. The zero-order chi connectivity index (χ0) is 54.3. The van der Waals surface area contributed by atoms with Crippen LogP contribution in [-0.2, 0) is 31.6 Å². The molecule has 0 unspecified atom stereocenters. The van der Waals surface area contributed by atoms with Gasteiger partial charge in [-0.15, -0.1) is 0 Å². The maximum Gasteiger partial charge on any atom is 0.306 e. The highest BCUT2D eigenvalue weighted by molar-refractivity contribution is 5.71. The second-order valence-electron chi connectivity index (χ2n) is 21.1. The predicted molar refractivity (Wildman–Crippen MR) is 302 cm³/mol. The number of carbonyl (C=O) groups excluding carboxylic acids is 1. The van der Waals surface area contributed by atoms with E-state index >= 15 is 0 Å². The van der Waals surface area contributed by atoms with Crippen LogP contribution < -0.4 is 4.74 Å². The van der Waals surface area contributed by atoms with E-state index in [-0.39, 0.29) is 42.4 Å². The van der Waals surface area contributed by atoms with Crippen LogP contribution >= 0.6 is 0 Å². The van der Waals surface area contributed by atoms with Crippen molar-refractivity contribution in [2.45, 2.75) is 221 Å². The molecule has 8 nitrogen and oxygen atoms in total. The number of aliphatic hydroxyl groups excluding tert-OH is 1. The molecule has 400 valence electrons. The maximum atomic E-state index is 11.5. The first-order valence-corrected chi connectivity index (χ1v) is 27.6. The summed E-state index contributed by atoms with van der Waals surface area (Å²) < 4.78 is 11.4. The molecular weight excluding hydrogens is 909 g/mol. The second kappa shape index (κ2) is 27.0. The SMILES string of the molecule is CCC(O)(/C=C/c1ccc(C(CC)(CC)c2cc(C)c(CC[C@@H]3CCC(=O)O3)c(C)c2)cc1C)CC.CCC(O)(/C=C/c1ccc(C(CC)(CC)c2cc(C)c(OC[C@@H](O)CCC(=O)O)c(C)c2)cc1C)CC. The largest absolute Gasteiger partial charge is 0.490 e. The monoisotopic (exact) mass is 1000 g/mol. The standard InChI is InChI=1S/C33H46O3.C32H46O5/c1-8-32(35,9-2)19-18-26-12-13-27(20-23(26)5)33(10-3,11-4)28-21-24(6)30(25(7)22-28)16-14-29-15-17-31(34)36-29;1-8-31(36,9-2)17-16-25-12-13-26(18-22(25)5)32(10-3,11-4)27-19-23(6)30(24(7)20-27)37-21-28(33)14-15-29(34)35/h12-13,18-22,29,35H,8-11,14-17H2,1-7H3;12-13,16-20,28,33,36H,8-11,14-15,21H2,1-7H3,(H,34,35)/b19-18+;17-16+/t29-;28-/m10/s1. The Balaban J connectivity index is 0.000000317. The number of cyclic esters (lactones) is 1. The van der Waals surface area contributed by atoms with Crippen LogP contribution in [0, 0.1) is 41.5 Å². The Hall–Kier alpha value is -5.02. The summed E-state index contributed by atoms with van der Waals surface area (Å²) >= 11 is 0. The molecule has 4 aromatic rings. The van der Waals surface area contributed by atoms with Gasteiger partial charge in [0.05, 0.1) is 17.3 Å². The lowest BCUT2D eigenvalue weighted by Gasteiger charge is -2.35. The van der Waals surface area contributed by atoms with Crippen LogP contribution in [0.25, 0.3) is 12.2 Å². The lowest BCUT2D eigenvalue weighted by atomic mass is 9.69. The average molecular weight is 1000 g/mol. The molecule has 0 saturated carbocycles. The first-order valence-electron chi connectivity index (χ1n) is 27.6. The smallest absolute Gasteiger partial charge is 0.306 e. The highest BCUT2D eigenvalue weighted by Gasteiger charge is 2.34. The van der Waals surface area contributed by atoms with E-state index in [1.807, 2.05) is 59.8 Å². The average Bonchev–Trinajstić information content (AvgIpc) is 3.80. The fourth-order valence-electron chi connectivity index (χ4n) is 11.0. The molecule has 0 aromatic heterocycles. The normalized spacial score (nSPS) is 14.9. The van der Waals surface area contributed by atoms with Crippen molar-refractivity contribution in [3.63, 3.8) is 0 Å². The number of benzene rings is 4. The van der Waals surface area contributed by atoms with Gasteiger partial charge in [0, 0.05) is 23.7 Å². The topological polar surface area (TPSA) is 134 Å². The van der Waals surface area contributed by atoms with Gasteiger partial charge in [0.25, 0.3) is 0 Å². The number of aliphatic carboxylic acids is 1. The third-order valence-corrected chi connectivity index (χ3v) is 16.7. The Morgan fingerprint density at radius 2 is 1.04 bits per heavy atom. The van der Waals surface area contributed by atoms with Gasteiger partial charge >= 0.3 is 11.9 Å². The van der Waals surface area contributed by atoms with E-state index < -0.39 is 23.3 Å². The molecule has 0 radical (unpaired) electrons. The summed E-state index contributed by atoms with van der Waals surface area (Å²) in [7, 11) is 0. The molecule has 1 aliphatic heterocycles. The lowest BCUT2D eigenvalue weighted by molar-refractivity contribution is -0.141. The molecule has 4 N–H and O–H groups in total. The third kappa shape index (κ3) is 15.1. The van der Waals surface area contributed by atoms with Crippen molar-refractivity contribution in [3.8, 4) is 5.75 Å². The number of aryl methyl sites for hydroxylation is 6. The van der Waals surface area contributed by atoms with Crippen molar-refractivity contribution < 1.29 is 39.5 Å². The molecule has 1 saturated heterocycles. The van der Waals surface area contributed by atoms with Crippen molar-refractivity contribution >= 4 is 24.1 Å². The van der Waals surface area contributed by atoms with Gasteiger partial charge in [0.2, 0.25) is 0 Å². The van der Waals surface area contributed by atoms with Gasteiger partial charge in [0.1, 0.15) is 18.5 Å². The van der Waals surface area contributed by atoms with Crippen molar-refractivity contribution in [2.75, 3.05) is 6.61 Å². The molecule has 73 heavy (non-hydrogen) atoms. The summed E-state index contributed by atoms with van der Waals surface area (Å²) in [5, 5.41) is 40.2. The van der Waals surface area contributed by atoms with Crippen LogP contribution in [0.4, 0.5) is 0 Å². The summed E-state index contributed by atoms with van der Waals surface area (Å²) in [5.74, 6) is -0.230. The van der Waals surface area contributed by atoms with E-state index in [0.29, 0.717) is 32.1 Å². The van der Waals surface area contributed by atoms with Gasteiger partial charge in [-0.3, -0.25) is 9.59 Å². The second-order valence-corrected chi connectivity index (χ2v) is 21.1. The van der Waals surface area contributed by atoms with E-state index in [1.165, 1.54) is 50.1 Å². The van der Waals surface area contributed by atoms with Crippen LogP contribution in [-0.4, -0.2) is 62.4 Å². The molecule has 4 aromatic carbocycles. The summed E-state index contributed by atoms with van der Waals surface area (Å²) in [4.78, 5) is 22.2. The van der Waals surface area contributed by atoms with E-state index in [0.717, 1.165) is 72.9 Å². The predicted octanol–water partition coefficient (Wildman–Crippen LogP) is 14.8. The fraction of sp³-hybridized carbons (Fsp3) is 0.538. The van der Waals surface area contributed by atoms with E-state index in [2.05, 4.69) is 122 Å². The van der Waals surface area contributed by atoms with Gasteiger partial charge in [-0.1, -0.05) is 140 Å². The number of carboxylic acids is 1. The Morgan fingerprint density at radius 3 is 1.40 bits per heavy atom. The summed E-state index contributed by atoms with van der Waals surface area (Å²) in [6, 6.07) is 22.6. The summed E-state index contributed by atoms with van der Waals surface area (Å²) in [6.07, 6.45) is 17.3. The molecular formula is C65H92O8. The first-order chi connectivity index (χ1) is 34.6. The summed E-state index contributed by atoms with van der Waals surface area (Å²) in [5.41, 5.74) is 14.3. The number of aliphatic hydroxyl groups is 3. The number of ether oxygens (including phenoxy) is 2. The molecule has 1 heterocycles. The van der Waals surface area contributed by atoms with Crippen molar-refractivity contribution in [1.29, 1.82) is 0 Å². The molecule has 8 heteroatoms. The highest BCUT2D eigenvalue weighted by atomic mass is 16.5. The van der Waals surface area contributed by atoms with Crippen LogP contribution in [0.3, 0.4) is 0 Å². The number of hydrogen-bond acceptors (Lipinski definition) is 7. The number of esters is 1. The Kier molecular flexibility index (Phi) is 22.4. The number of rotatable bonds is 25. The zero-order valence-corrected chi connectivity index (χ0v) is 47.3. The lowest BCUT2D eigenvalue weighted by Crippen LogP contribution is -2.27. The van der Waals surface area contributed by atoms with Crippen LogP contribution in [0.2, 0.25) is 0 Å². The zero-order valence-electron chi connectivity index (χ0n) is 47.3. The van der Waals surface area contributed by atoms with Crippen molar-refractivity contribution in [1.82, 2.24) is 0 Å². The molecule has 5 rings (SSSR count). The van der Waals surface area contributed by atoms with Crippen molar-refractivity contribution in [2.24, 2.45) is 0 Å². The third-order valence-electron chi connectivity index (χ3n) is 16.7. The minimum Gasteiger partial charge on any atom is -0.490 e. The molecule has 1 aliphatic rings. The Bertz CT molecular complexity index is 2470. The molecule has 0 amide bonds. The molecule has 1 fully saturated rings. The highest BCUT2D eigenvalue weighted by Crippen LogP contribution is 2.43. The Labute approximate surface area is 440 Å². The van der Waals surface area contributed by atoms with E-state index in [4.69, 9.17) is 14.6 Å². The quantitative estimate of drug-likeness (QED) is 0.0483. The molecule has 0 spiro atoms. The van der Waals surface area contributed by atoms with Crippen molar-refractivity contribution in [3.05, 3.63) is 145 Å². The van der Waals surface area contributed by atoms with Gasteiger partial charge in [-0.25, -0.2) is 0 Å². The van der Waals surface area contributed by atoms with Gasteiger partial charge in [-0.05, 0) is 191 Å². The van der Waals surface area contributed by atoms with E-state index in [9.17, 15) is 24.9 Å². The minimum atomic E-state index is -0.922. The van der Waals surface area contributed by atoms with Gasteiger partial charge < -0.3 is 29.9 Å². The first kappa shape index (κ1) is 60.5.